The third kappa shape index (κ3) is 2.63. The summed E-state index contributed by atoms with van der Waals surface area (Å²) in [6.07, 6.45) is -5.06. The number of H-pyrrole nitrogens is 1. The first-order chi connectivity index (χ1) is 12.2. The number of hydrogen-bond acceptors (Lipinski definition) is 7. The van der Waals surface area contributed by atoms with Gasteiger partial charge in [-0.05, 0) is 6.92 Å². The summed E-state index contributed by atoms with van der Waals surface area (Å²) < 4.78 is 33.1. The highest BCUT2D eigenvalue weighted by molar-refractivity contribution is 5.77. The summed E-state index contributed by atoms with van der Waals surface area (Å²) in [5.74, 6) is 2.85. The number of nitrogens with two attached hydrogens (primary N) is 1. The molecule has 1 saturated heterocycles. The lowest BCUT2D eigenvalue weighted by Crippen LogP contribution is -2.47. The second-order valence-electron chi connectivity index (χ2n) is 5.93. The van der Waals surface area contributed by atoms with E-state index in [0.717, 1.165) is 10.8 Å². The summed E-state index contributed by atoms with van der Waals surface area (Å²) in [6.45, 7) is 0.182. The molecule has 9 nitrogen and oxygen atoms in total. The van der Waals surface area contributed by atoms with Crippen LogP contribution in [0.25, 0.3) is 11.0 Å². The molecule has 2 aromatic rings. The van der Waals surface area contributed by atoms with Crippen LogP contribution in [0.15, 0.2) is 11.0 Å². The third-order valence-electron chi connectivity index (χ3n) is 4.16. The molecule has 0 bridgehead atoms. The number of aromatic nitrogens is 3. The zero-order chi connectivity index (χ0) is 19.2. The molecule has 5 atom stereocenters. The fraction of sp³-hybridized carbons (Fsp3) is 0.467. The maximum Gasteiger partial charge on any atom is 0.264 e. The number of aromatic amines is 1. The van der Waals surface area contributed by atoms with Crippen molar-refractivity contribution in [2.75, 3.05) is 12.4 Å². The van der Waals surface area contributed by atoms with E-state index in [9.17, 15) is 28.9 Å². The number of fused-ring (bicyclic) bond motifs is 1. The molecule has 140 valence electrons. The molecule has 0 saturated carbocycles. The average Bonchev–Trinajstić information content (AvgIpc) is 3.01. The molecule has 0 aliphatic carbocycles. The van der Waals surface area contributed by atoms with Crippen LogP contribution in [-0.4, -0.2) is 60.4 Å². The lowest BCUT2D eigenvalue weighted by atomic mass is 9.92. The van der Waals surface area contributed by atoms with Gasteiger partial charge < -0.3 is 25.8 Å². The number of halogens is 2. The first-order valence-electron chi connectivity index (χ1n) is 7.56. The van der Waals surface area contributed by atoms with Crippen LogP contribution in [0.5, 0.6) is 0 Å². The van der Waals surface area contributed by atoms with Crippen molar-refractivity contribution in [2.24, 2.45) is 0 Å². The number of alkyl halides is 1. The minimum absolute atomic E-state index is 0.271. The summed E-state index contributed by atoms with van der Waals surface area (Å²) >= 11 is 0. The molecular weight excluding hydrogens is 354 g/mol. The van der Waals surface area contributed by atoms with Gasteiger partial charge in [0.15, 0.2) is 23.3 Å². The Kier molecular flexibility index (Phi) is 4.45. The number of hydrogen-bond donors (Lipinski definition) is 5. The minimum atomic E-state index is -2.40. The van der Waals surface area contributed by atoms with Gasteiger partial charge in [-0.1, -0.05) is 11.8 Å². The molecule has 0 aromatic carbocycles. The van der Waals surface area contributed by atoms with E-state index in [1.165, 1.54) is 6.92 Å². The quantitative estimate of drug-likeness (QED) is 0.417. The van der Waals surface area contributed by atoms with Crippen molar-refractivity contribution in [3.63, 3.8) is 0 Å². The van der Waals surface area contributed by atoms with E-state index in [4.69, 9.17) is 10.5 Å². The Labute approximate surface area is 145 Å². The Morgan fingerprint density at radius 2 is 2.31 bits per heavy atom. The molecule has 11 heteroatoms. The second-order valence-corrected chi connectivity index (χ2v) is 5.93. The molecule has 1 fully saturated rings. The highest BCUT2D eigenvalue weighted by Crippen LogP contribution is 2.41. The number of aliphatic hydroxyl groups excluding tert-OH is 2. The van der Waals surface area contributed by atoms with E-state index in [1.807, 2.05) is 5.92 Å². The molecule has 3 heterocycles. The molecule has 0 amide bonds. The number of rotatable bonds is 2. The van der Waals surface area contributed by atoms with Crippen molar-refractivity contribution >= 4 is 17.0 Å². The zero-order valence-electron chi connectivity index (χ0n) is 13.5. The van der Waals surface area contributed by atoms with Gasteiger partial charge in [0, 0.05) is 6.20 Å². The van der Waals surface area contributed by atoms with Crippen LogP contribution >= 0.6 is 0 Å². The normalized spacial score (nSPS) is 29.5. The number of nitrogens with zero attached hydrogens (tertiary/aromatic N) is 2. The van der Waals surface area contributed by atoms with E-state index in [0.29, 0.717) is 0 Å². The van der Waals surface area contributed by atoms with E-state index in [2.05, 4.69) is 15.9 Å². The molecule has 1 aliphatic rings. The van der Waals surface area contributed by atoms with Gasteiger partial charge >= 0.3 is 0 Å². The van der Waals surface area contributed by atoms with Crippen LogP contribution in [0.3, 0.4) is 0 Å². The Hall–Kier alpha value is -2.52. The van der Waals surface area contributed by atoms with E-state index >= 15 is 0 Å². The van der Waals surface area contributed by atoms with Gasteiger partial charge in [0.25, 0.3) is 5.56 Å². The standard InChI is InChI=1S/C15H16F2N4O5/c1-6(22)9-10(23)15(25,3-2-4-16)13(26-9)21-5-7(17)8-11(21)19-14(18)20-12(8)24/h5-6,9-10,13,22-23,25H,4H2,1H3,(H3,18,19,20,24)/t6-,9+,10-,13+,15?/m0/s1. The lowest BCUT2D eigenvalue weighted by Gasteiger charge is -2.26. The van der Waals surface area contributed by atoms with Crippen LogP contribution in [-0.2, 0) is 4.74 Å². The van der Waals surface area contributed by atoms with Gasteiger partial charge in [-0.25, -0.2) is 8.78 Å². The molecular formula is C15H16F2N4O5. The minimum Gasteiger partial charge on any atom is -0.391 e. The molecule has 0 spiro atoms. The predicted molar refractivity (Wildman–Crippen MR) is 85.0 cm³/mol. The SMILES string of the molecule is C[C@H](O)[C@H]1O[C@@H](n2cc(F)c3c(=O)[nH]c(N)nc32)C(O)(C#CCF)[C@H]1O. The van der Waals surface area contributed by atoms with Gasteiger partial charge in [-0.3, -0.25) is 14.3 Å². The average molecular weight is 370 g/mol. The highest BCUT2D eigenvalue weighted by atomic mass is 19.1. The molecule has 1 aliphatic heterocycles. The van der Waals surface area contributed by atoms with Gasteiger partial charge in [0.1, 0.15) is 24.3 Å². The van der Waals surface area contributed by atoms with Crippen molar-refractivity contribution in [3.05, 3.63) is 22.4 Å². The second kappa shape index (κ2) is 6.33. The number of ether oxygens (including phenoxy) is 1. The molecule has 1 unspecified atom stereocenters. The molecule has 6 N–H and O–H groups in total. The Morgan fingerprint density at radius 3 is 2.92 bits per heavy atom. The zero-order valence-corrected chi connectivity index (χ0v) is 13.5. The van der Waals surface area contributed by atoms with Gasteiger partial charge in [0.2, 0.25) is 5.95 Å². The van der Waals surface area contributed by atoms with Crippen LogP contribution < -0.4 is 11.3 Å². The van der Waals surface area contributed by atoms with Crippen molar-refractivity contribution in [2.45, 2.75) is 37.1 Å². The summed E-state index contributed by atoms with van der Waals surface area (Å²) in [4.78, 5) is 17.9. The molecule has 2 aromatic heterocycles. The maximum atomic E-state index is 14.2. The monoisotopic (exact) mass is 370 g/mol. The maximum absolute atomic E-state index is 14.2. The topological polar surface area (TPSA) is 147 Å². The van der Waals surface area contributed by atoms with Crippen LogP contribution in [0.1, 0.15) is 13.2 Å². The lowest BCUT2D eigenvalue weighted by molar-refractivity contribution is -0.0846. The van der Waals surface area contributed by atoms with Crippen molar-refractivity contribution < 1.29 is 28.8 Å². The van der Waals surface area contributed by atoms with Crippen LogP contribution in [0.4, 0.5) is 14.7 Å². The summed E-state index contributed by atoms with van der Waals surface area (Å²) in [5.41, 5.74) is 1.96. The summed E-state index contributed by atoms with van der Waals surface area (Å²) in [5, 5.41) is 30.5. The van der Waals surface area contributed by atoms with Gasteiger partial charge in [-0.2, -0.15) is 4.98 Å². The predicted octanol–water partition coefficient (Wildman–Crippen LogP) is -1.21. The van der Waals surface area contributed by atoms with E-state index in [1.54, 1.807) is 0 Å². The van der Waals surface area contributed by atoms with E-state index < -0.39 is 53.6 Å². The fourth-order valence-electron chi connectivity index (χ4n) is 3.00. The van der Waals surface area contributed by atoms with Crippen molar-refractivity contribution in [1.82, 2.24) is 14.5 Å². The smallest absolute Gasteiger partial charge is 0.264 e. The highest BCUT2D eigenvalue weighted by Gasteiger charge is 2.57. The number of nitrogen functional groups attached to an aromatic ring is 1. The Balaban J connectivity index is 2.24. The fourth-order valence-corrected chi connectivity index (χ4v) is 3.00. The number of aliphatic hydroxyl groups is 3. The summed E-state index contributed by atoms with van der Waals surface area (Å²) in [7, 11) is 0. The van der Waals surface area contributed by atoms with Crippen LogP contribution in [0, 0.1) is 17.7 Å². The molecule has 0 radical (unpaired) electrons. The number of anilines is 1. The van der Waals surface area contributed by atoms with Crippen molar-refractivity contribution in [1.29, 1.82) is 0 Å². The Bertz CT molecular complexity index is 963. The van der Waals surface area contributed by atoms with Crippen LogP contribution in [0.2, 0.25) is 0 Å². The molecule has 26 heavy (non-hydrogen) atoms. The number of nitrogens with one attached hydrogen (secondary N) is 1. The Morgan fingerprint density at radius 1 is 1.62 bits per heavy atom. The van der Waals surface area contributed by atoms with Gasteiger partial charge in [-0.15, -0.1) is 0 Å². The largest absolute Gasteiger partial charge is 0.391 e. The third-order valence-corrected chi connectivity index (χ3v) is 4.16. The first kappa shape index (κ1) is 18.3. The first-order valence-corrected chi connectivity index (χ1v) is 7.56. The molecule has 3 rings (SSSR count). The van der Waals surface area contributed by atoms with E-state index in [-0.39, 0.29) is 11.6 Å². The van der Waals surface area contributed by atoms with Gasteiger partial charge in [0.05, 0.1) is 6.10 Å². The summed E-state index contributed by atoms with van der Waals surface area (Å²) in [6, 6.07) is 0. The van der Waals surface area contributed by atoms with Crippen molar-refractivity contribution in [3.8, 4) is 11.8 Å².